The van der Waals surface area contributed by atoms with Crippen LogP contribution in [-0.2, 0) is 33.7 Å². The number of rotatable bonds is 16. The molecular formula is C35H52N6O6. The van der Waals surface area contributed by atoms with Crippen molar-refractivity contribution in [3.63, 3.8) is 0 Å². The van der Waals surface area contributed by atoms with Crippen LogP contribution in [0.3, 0.4) is 0 Å². The molecule has 0 amide bonds. The lowest BCUT2D eigenvalue weighted by atomic mass is 9.84. The van der Waals surface area contributed by atoms with Crippen molar-refractivity contribution in [3.05, 3.63) is 53.7 Å². The van der Waals surface area contributed by atoms with Crippen molar-refractivity contribution in [3.8, 4) is 22.6 Å². The van der Waals surface area contributed by atoms with Crippen LogP contribution >= 0.6 is 0 Å². The number of hydrazine groups is 1. The summed E-state index contributed by atoms with van der Waals surface area (Å²) in [4.78, 5) is 26.5. The third-order valence-electron chi connectivity index (χ3n) is 7.75. The summed E-state index contributed by atoms with van der Waals surface area (Å²) in [5.74, 6) is 0.448. The Hall–Kier alpha value is -3.97. The molecule has 0 saturated carbocycles. The molecule has 0 aliphatic carbocycles. The van der Waals surface area contributed by atoms with Crippen molar-refractivity contribution in [1.82, 2.24) is 30.5 Å². The summed E-state index contributed by atoms with van der Waals surface area (Å²) in [6.45, 7) is 13.3. The number of nitrogens with one attached hydrogen (secondary N) is 2. The number of hydrogen-bond donors (Lipinski definition) is 4. The summed E-state index contributed by atoms with van der Waals surface area (Å²) < 4.78 is 13.7. The van der Waals surface area contributed by atoms with Crippen molar-refractivity contribution >= 4 is 23.7 Å². The number of ether oxygens (including phenoxy) is 1. The second-order valence-electron chi connectivity index (χ2n) is 12.0. The monoisotopic (exact) mass is 652 g/mol. The predicted octanol–water partition coefficient (Wildman–Crippen LogP) is 5.77. The van der Waals surface area contributed by atoms with Gasteiger partial charge in [0.1, 0.15) is 6.79 Å². The van der Waals surface area contributed by atoms with Gasteiger partial charge in [0.2, 0.25) is 11.7 Å². The Morgan fingerprint density at radius 3 is 2.51 bits per heavy atom. The topological polar surface area (TPSA) is 165 Å². The van der Waals surface area contributed by atoms with E-state index in [0.717, 1.165) is 85.5 Å². The van der Waals surface area contributed by atoms with Gasteiger partial charge in [-0.1, -0.05) is 31.8 Å². The summed E-state index contributed by atoms with van der Waals surface area (Å²) in [5.41, 5.74) is 12.1. The van der Waals surface area contributed by atoms with Gasteiger partial charge >= 0.3 is 0 Å². The van der Waals surface area contributed by atoms with Crippen molar-refractivity contribution in [2.45, 2.75) is 85.8 Å². The molecule has 0 aliphatic heterocycles. The molecule has 1 atom stereocenters. The molecule has 3 aromatic heterocycles. The summed E-state index contributed by atoms with van der Waals surface area (Å²) in [6.07, 6.45) is 7.59. The number of aryl methyl sites for hydroxylation is 2. The first-order valence-electron chi connectivity index (χ1n) is 16.0. The largest absolute Gasteiger partial charge is 0.481 e. The fourth-order valence-electron chi connectivity index (χ4n) is 5.41. The fourth-order valence-corrected chi connectivity index (χ4v) is 5.41. The van der Waals surface area contributed by atoms with E-state index >= 15 is 0 Å². The molecule has 12 nitrogen and oxygen atoms in total. The molecule has 0 radical (unpaired) electrons. The Bertz CT molecular complexity index is 1530. The van der Waals surface area contributed by atoms with Crippen LogP contribution in [0.15, 0.2) is 41.1 Å². The van der Waals surface area contributed by atoms with E-state index in [4.69, 9.17) is 33.9 Å². The number of aliphatic carboxylic acids is 1. The zero-order valence-electron chi connectivity index (χ0n) is 28.9. The minimum Gasteiger partial charge on any atom is -0.481 e. The summed E-state index contributed by atoms with van der Waals surface area (Å²) in [6, 6.07) is 10.5. The Kier molecular flexibility index (Phi) is 16.4. The Morgan fingerprint density at radius 2 is 1.87 bits per heavy atom. The molecule has 4 rings (SSSR count). The second kappa shape index (κ2) is 19.6. The summed E-state index contributed by atoms with van der Waals surface area (Å²) in [7, 11) is 3.60. The number of carboxylic acid groups (broad SMARTS) is 1. The highest BCUT2D eigenvalue weighted by molar-refractivity contribution is 5.94. The van der Waals surface area contributed by atoms with E-state index in [1.165, 1.54) is 5.56 Å². The molecule has 4 aromatic rings. The van der Waals surface area contributed by atoms with Gasteiger partial charge in [0.15, 0.2) is 0 Å². The van der Waals surface area contributed by atoms with Crippen LogP contribution < -0.4 is 10.9 Å². The van der Waals surface area contributed by atoms with E-state index in [-0.39, 0.29) is 18.1 Å². The quantitative estimate of drug-likeness (QED) is 0.0857. The average Bonchev–Trinajstić information content (AvgIpc) is 3.66. The molecule has 3 heterocycles. The maximum absolute atomic E-state index is 10.2. The zero-order valence-corrected chi connectivity index (χ0v) is 28.9. The van der Waals surface area contributed by atoms with Gasteiger partial charge in [-0.15, -0.1) is 0 Å². The summed E-state index contributed by atoms with van der Waals surface area (Å²) >= 11 is 0. The number of aliphatic hydroxyl groups excluding tert-OH is 1. The third kappa shape index (κ3) is 11.1. The average molecular weight is 653 g/mol. The lowest BCUT2D eigenvalue weighted by molar-refractivity contribution is -0.134. The van der Waals surface area contributed by atoms with Crippen LogP contribution in [0, 0.1) is 5.41 Å². The molecular weight excluding hydrogens is 600 g/mol. The Balaban J connectivity index is 0.00000119. The number of nitrogens with zero attached hydrogens (tertiary/aromatic N) is 4. The highest BCUT2D eigenvalue weighted by Crippen LogP contribution is 2.41. The third-order valence-corrected chi connectivity index (χ3v) is 7.75. The molecule has 12 heteroatoms. The number of unbranched alkanes of at least 4 members (excludes halogenated alkanes) is 3. The SMILES string of the molecule is C=O.CC(=O)O.CCn1c(-c2cccnc2C(C)OC)c(CC(C)(C)CO)c2cc(-c3noc(CCCCCCNNC)n3)ccc21. The lowest BCUT2D eigenvalue weighted by Gasteiger charge is -2.23. The van der Waals surface area contributed by atoms with Crippen LogP contribution in [0.5, 0.6) is 0 Å². The zero-order chi connectivity index (χ0) is 35.0. The number of carbonyl (C=O) groups excluding carboxylic acids is 1. The van der Waals surface area contributed by atoms with Crippen LogP contribution in [0.25, 0.3) is 33.5 Å². The lowest BCUT2D eigenvalue weighted by Crippen LogP contribution is -2.28. The first-order chi connectivity index (χ1) is 22.6. The highest BCUT2D eigenvalue weighted by atomic mass is 16.5. The van der Waals surface area contributed by atoms with Gasteiger partial charge in [-0.25, -0.2) is 0 Å². The van der Waals surface area contributed by atoms with E-state index < -0.39 is 5.97 Å². The van der Waals surface area contributed by atoms with Crippen LogP contribution in [0.4, 0.5) is 0 Å². The van der Waals surface area contributed by atoms with Crippen LogP contribution in [-0.4, -0.2) is 70.0 Å². The molecule has 4 N–H and O–H groups in total. The van der Waals surface area contributed by atoms with Crippen molar-refractivity contribution in [2.24, 2.45) is 5.41 Å². The molecule has 0 fully saturated rings. The molecule has 258 valence electrons. The molecule has 0 saturated heterocycles. The first kappa shape index (κ1) is 39.2. The standard InChI is InChI=1S/C32H46N6O3.C2H4O2.CH2O/c1-7-38-27-16-15-23(31-36-28(41-37-31)14-10-8-9-11-18-35-33-5)19-25(27)26(20-32(3,4)21-39)30(38)24-13-12-17-34-29(24)22(2)40-6;1-2(3)4;1-2/h12-13,15-17,19,22,33,35,39H,7-11,14,18,20-21H2,1-6H3;1H3,(H,3,4);1H2. The van der Waals surface area contributed by atoms with Gasteiger partial charge in [0.25, 0.3) is 5.97 Å². The number of carbonyl (C=O) groups is 2. The first-order valence-corrected chi connectivity index (χ1v) is 16.0. The van der Waals surface area contributed by atoms with Crippen molar-refractivity contribution < 1.29 is 29.1 Å². The molecule has 0 aliphatic rings. The van der Waals surface area contributed by atoms with Gasteiger partial charge in [0.05, 0.1) is 17.5 Å². The number of pyridine rings is 1. The Labute approximate surface area is 277 Å². The molecule has 0 spiro atoms. The number of carboxylic acids is 1. The van der Waals surface area contributed by atoms with Gasteiger partial charge in [-0.05, 0) is 81.5 Å². The van der Waals surface area contributed by atoms with Crippen LogP contribution in [0.2, 0.25) is 0 Å². The number of fused-ring (bicyclic) bond motifs is 1. The maximum Gasteiger partial charge on any atom is 0.300 e. The molecule has 47 heavy (non-hydrogen) atoms. The van der Waals surface area contributed by atoms with E-state index in [1.54, 1.807) is 7.11 Å². The van der Waals surface area contributed by atoms with E-state index in [2.05, 4.69) is 65.6 Å². The minimum absolute atomic E-state index is 0.0828. The van der Waals surface area contributed by atoms with E-state index in [1.807, 2.05) is 33.0 Å². The fraction of sp³-hybridized carbons (Fsp3) is 0.514. The number of benzene rings is 1. The van der Waals surface area contributed by atoms with Gasteiger partial charge in [0, 0.05) is 68.4 Å². The second-order valence-corrected chi connectivity index (χ2v) is 12.0. The van der Waals surface area contributed by atoms with Gasteiger partial charge in [-0.2, -0.15) is 4.98 Å². The van der Waals surface area contributed by atoms with E-state index in [0.29, 0.717) is 18.1 Å². The molecule has 1 unspecified atom stereocenters. The number of aromatic nitrogens is 4. The van der Waals surface area contributed by atoms with Crippen molar-refractivity contribution in [2.75, 3.05) is 27.3 Å². The van der Waals surface area contributed by atoms with Crippen molar-refractivity contribution in [1.29, 1.82) is 0 Å². The molecule has 0 bridgehead atoms. The number of methoxy groups -OCH3 is 1. The van der Waals surface area contributed by atoms with Gasteiger partial charge < -0.3 is 28.8 Å². The van der Waals surface area contributed by atoms with E-state index in [9.17, 15) is 5.11 Å². The Morgan fingerprint density at radius 1 is 1.17 bits per heavy atom. The predicted molar refractivity (Wildman–Crippen MR) is 184 cm³/mol. The molecule has 1 aromatic carbocycles. The smallest absolute Gasteiger partial charge is 0.300 e. The van der Waals surface area contributed by atoms with Gasteiger partial charge in [-0.3, -0.25) is 20.6 Å². The number of hydrogen-bond acceptors (Lipinski definition) is 10. The number of aliphatic hydroxyl groups is 1. The maximum atomic E-state index is 10.2. The normalized spacial score (nSPS) is 11.8. The van der Waals surface area contributed by atoms with Crippen LogP contribution in [0.1, 0.15) is 83.6 Å². The highest BCUT2D eigenvalue weighted by Gasteiger charge is 2.28. The minimum atomic E-state index is -0.833. The summed E-state index contributed by atoms with van der Waals surface area (Å²) in [5, 5.41) is 23.1.